The lowest BCUT2D eigenvalue weighted by Crippen LogP contribution is -1.92. The quantitative estimate of drug-likeness (QED) is 0.482. The van der Waals surface area contributed by atoms with E-state index in [1.54, 1.807) is 7.11 Å². The zero-order valence-electron chi connectivity index (χ0n) is 19.4. The number of allylic oxidation sites excluding steroid dienone is 6. The summed E-state index contributed by atoms with van der Waals surface area (Å²) in [6.07, 6.45) is 11.9. The van der Waals surface area contributed by atoms with E-state index in [4.69, 9.17) is 4.74 Å². The molecule has 0 bridgehead atoms. The summed E-state index contributed by atoms with van der Waals surface area (Å²) in [5.74, 6) is 0.899. The molecule has 0 aliphatic heterocycles. The minimum Gasteiger partial charge on any atom is -0.496 e. The highest BCUT2D eigenvalue weighted by molar-refractivity contribution is 5.83. The molecule has 0 saturated carbocycles. The van der Waals surface area contributed by atoms with Gasteiger partial charge in [-0.15, -0.1) is 0 Å². The molecule has 2 aromatic rings. The highest BCUT2D eigenvalue weighted by atomic mass is 16.5. The van der Waals surface area contributed by atoms with Gasteiger partial charge in [-0.05, 0) is 69.5 Å². The van der Waals surface area contributed by atoms with Crippen molar-refractivity contribution in [3.8, 4) is 5.75 Å². The summed E-state index contributed by atoms with van der Waals surface area (Å²) in [6.45, 7) is 17.9. The molecule has 0 radical (unpaired) electrons. The molecule has 0 fully saturated rings. The largest absolute Gasteiger partial charge is 0.496 e. The first-order chi connectivity index (χ1) is 13.9. The molecule has 0 unspecified atom stereocenters. The number of pyridine rings is 1. The molecule has 0 saturated heterocycles. The first-order valence-electron chi connectivity index (χ1n) is 10.1. The Morgan fingerprint density at radius 1 is 1.03 bits per heavy atom. The second-order valence-corrected chi connectivity index (χ2v) is 6.39. The molecular weight excluding hydrogens is 354 g/mol. The lowest BCUT2D eigenvalue weighted by atomic mass is 10.0. The molecule has 0 aliphatic rings. The van der Waals surface area contributed by atoms with Crippen LogP contribution in [0.1, 0.15) is 57.0 Å². The van der Waals surface area contributed by atoms with Gasteiger partial charge in [0.2, 0.25) is 0 Å². The molecule has 29 heavy (non-hydrogen) atoms. The van der Waals surface area contributed by atoms with Crippen molar-refractivity contribution in [1.82, 2.24) is 4.98 Å². The minimum atomic E-state index is 0.899. The minimum absolute atomic E-state index is 0.899. The first-order valence-corrected chi connectivity index (χ1v) is 10.1. The Kier molecular flexibility index (Phi) is 13.6. The number of hydrogen-bond donors (Lipinski definition) is 0. The molecule has 2 nitrogen and oxygen atoms in total. The Bertz CT molecular complexity index is 821. The van der Waals surface area contributed by atoms with E-state index in [-0.39, 0.29) is 0 Å². The number of nitrogens with zero attached hydrogens (tertiary/aromatic N) is 1. The van der Waals surface area contributed by atoms with Gasteiger partial charge in [-0.1, -0.05) is 68.5 Å². The van der Waals surface area contributed by atoms with Gasteiger partial charge in [0.15, 0.2) is 0 Å². The van der Waals surface area contributed by atoms with Crippen LogP contribution in [-0.4, -0.2) is 12.1 Å². The fraction of sp³-hybridized carbons (Fsp3) is 0.296. The van der Waals surface area contributed by atoms with Crippen LogP contribution in [-0.2, 0) is 0 Å². The van der Waals surface area contributed by atoms with Crippen molar-refractivity contribution in [3.05, 3.63) is 95.4 Å². The summed E-state index contributed by atoms with van der Waals surface area (Å²) in [5, 5.41) is 0. The lowest BCUT2D eigenvalue weighted by Gasteiger charge is -2.10. The smallest absolute Gasteiger partial charge is 0.126 e. The second kappa shape index (κ2) is 15.1. The number of methoxy groups -OCH3 is 1. The maximum absolute atomic E-state index is 5.41. The van der Waals surface area contributed by atoms with Crippen LogP contribution in [0.25, 0.3) is 11.6 Å². The Morgan fingerprint density at radius 3 is 2.24 bits per heavy atom. The molecule has 0 spiro atoms. The van der Waals surface area contributed by atoms with E-state index in [1.807, 2.05) is 89.4 Å². The van der Waals surface area contributed by atoms with E-state index in [9.17, 15) is 0 Å². The summed E-state index contributed by atoms with van der Waals surface area (Å²) in [6, 6.07) is 10.1. The van der Waals surface area contributed by atoms with Crippen LogP contribution >= 0.6 is 0 Å². The summed E-state index contributed by atoms with van der Waals surface area (Å²) in [7, 11) is 1.70. The van der Waals surface area contributed by atoms with Crippen LogP contribution in [0.3, 0.4) is 0 Å². The molecule has 2 rings (SSSR count). The van der Waals surface area contributed by atoms with Crippen molar-refractivity contribution in [2.45, 2.75) is 48.5 Å². The number of benzene rings is 1. The molecule has 0 atom stereocenters. The van der Waals surface area contributed by atoms with Crippen molar-refractivity contribution < 1.29 is 4.74 Å². The van der Waals surface area contributed by atoms with E-state index < -0.39 is 0 Å². The zero-order chi connectivity index (χ0) is 22.2. The van der Waals surface area contributed by atoms with E-state index in [0.717, 1.165) is 22.6 Å². The zero-order valence-corrected chi connectivity index (χ0v) is 19.4. The third kappa shape index (κ3) is 9.75. The van der Waals surface area contributed by atoms with E-state index in [1.165, 1.54) is 16.7 Å². The van der Waals surface area contributed by atoms with Gasteiger partial charge in [0, 0.05) is 17.5 Å². The van der Waals surface area contributed by atoms with Gasteiger partial charge in [-0.2, -0.15) is 0 Å². The van der Waals surface area contributed by atoms with Crippen molar-refractivity contribution in [1.29, 1.82) is 0 Å². The summed E-state index contributed by atoms with van der Waals surface area (Å²) >= 11 is 0. The first kappa shape index (κ1) is 26.1. The van der Waals surface area contributed by atoms with Gasteiger partial charge in [0.05, 0.1) is 7.11 Å². The molecule has 0 N–H and O–H groups in total. The number of aromatic nitrogens is 1. The normalized spacial score (nSPS) is 10.8. The van der Waals surface area contributed by atoms with Crippen molar-refractivity contribution >= 4 is 11.6 Å². The predicted octanol–water partition coefficient (Wildman–Crippen LogP) is 7.99. The van der Waals surface area contributed by atoms with Crippen molar-refractivity contribution in [2.75, 3.05) is 7.11 Å². The van der Waals surface area contributed by atoms with Gasteiger partial charge in [0.1, 0.15) is 5.75 Å². The van der Waals surface area contributed by atoms with Gasteiger partial charge in [0.25, 0.3) is 0 Å². The maximum atomic E-state index is 5.41. The molecule has 156 valence electrons. The monoisotopic (exact) mass is 391 g/mol. The SMILES string of the molecule is C=C(C)/C=C\C=C/C.CC.COc1ccccc1/C(C)=C/c1c(C)ccnc1C. The molecule has 1 heterocycles. The Balaban J connectivity index is 0.000000664. The fourth-order valence-electron chi connectivity index (χ4n) is 2.52. The number of para-hydroxylation sites is 1. The summed E-state index contributed by atoms with van der Waals surface area (Å²) in [5.41, 5.74) is 6.86. The van der Waals surface area contributed by atoms with Gasteiger partial charge >= 0.3 is 0 Å². The Labute approximate surface area is 178 Å². The summed E-state index contributed by atoms with van der Waals surface area (Å²) < 4.78 is 5.41. The third-order valence-corrected chi connectivity index (χ3v) is 3.98. The highest BCUT2D eigenvalue weighted by Gasteiger charge is 2.06. The maximum Gasteiger partial charge on any atom is 0.126 e. The number of aryl methyl sites for hydroxylation is 2. The van der Waals surface area contributed by atoms with Gasteiger partial charge in [-0.25, -0.2) is 0 Å². The standard InChI is InChI=1S/C17H19NO.C8H12.C2H6/c1-12-9-10-18-14(3)16(12)11-13(2)15-7-5-6-8-17(15)19-4;1-4-5-6-7-8(2)3;1-2/h5-11H,1-4H3;4-7H,2H2,1,3H3;1-2H3/b13-11+;5-4-,7-6-;. The van der Waals surface area contributed by atoms with Gasteiger partial charge in [-0.3, -0.25) is 4.98 Å². The molecule has 2 heteroatoms. The van der Waals surface area contributed by atoms with E-state index in [2.05, 4.69) is 37.6 Å². The topological polar surface area (TPSA) is 22.1 Å². The molecular formula is C27H37NO. The lowest BCUT2D eigenvalue weighted by molar-refractivity contribution is 0.413. The van der Waals surface area contributed by atoms with Crippen LogP contribution in [0.2, 0.25) is 0 Å². The van der Waals surface area contributed by atoms with E-state index in [0.29, 0.717) is 0 Å². The van der Waals surface area contributed by atoms with Crippen LogP contribution in [0, 0.1) is 13.8 Å². The fourth-order valence-corrected chi connectivity index (χ4v) is 2.52. The average Bonchev–Trinajstić information content (AvgIpc) is 2.72. The summed E-state index contributed by atoms with van der Waals surface area (Å²) in [4.78, 5) is 4.35. The van der Waals surface area contributed by atoms with Crippen LogP contribution < -0.4 is 4.74 Å². The highest BCUT2D eigenvalue weighted by Crippen LogP contribution is 2.28. The Hall–Kier alpha value is -2.87. The van der Waals surface area contributed by atoms with Crippen molar-refractivity contribution in [2.24, 2.45) is 0 Å². The third-order valence-electron chi connectivity index (χ3n) is 3.98. The van der Waals surface area contributed by atoms with Crippen LogP contribution in [0.4, 0.5) is 0 Å². The van der Waals surface area contributed by atoms with Crippen molar-refractivity contribution in [3.63, 3.8) is 0 Å². The van der Waals surface area contributed by atoms with Crippen LogP contribution in [0.5, 0.6) is 5.75 Å². The number of rotatable bonds is 5. The molecule has 0 amide bonds. The number of hydrogen-bond acceptors (Lipinski definition) is 2. The Morgan fingerprint density at radius 2 is 1.69 bits per heavy atom. The van der Waals surface area contributed by atoms with E-state index >= 15 is 0 Å². The number of ether oxygens (including phenoxy) is 1. The average molecular weight is 392 g/mol. The van der Waals surface area contributed by atoms with Crippen LogP contribution in [0.15, 0.2) is 73.0 Å². The molecule has 0 aliphatic carbocycles. The second-order valence-electron chi connectivity index (χ2n) is 6.39. The molecule has 1 aromatic carbocycles. The predicted molar refractivity (Wildman–Crippen MR) is 130 cm³/mol. The molecule has 1 aromatic heterocycles. The van der Waals surface area contributed by atoms with Gasteiger partial charge < -0.3 is 4.74 Å².